The number of anilines is 1. The quantitative estimate of drug-likeness (QED) is 0.613. The Morgan fingerprint density at radius 3 is 2.17 bits per heavy atom. The number of imide groups is 1. The van der Waals surface area contributed by atoms with Gasteiger partial charge in [0.15, 0.2) is 0 Å². The Bertz CT molecular complexity index is 1140. The van der Waals surface area contributed by atoms with Gasteiger partial charge in [-0.25, -0.2) is 0 Å². The zero-order valence-corrected chi connectivity index (χ0v) is 16.6. The van der Waals surface area contributed by atoms with Gasteiger partial charge in [0, 0.05) is 18.8 Å². The van der Waals surface area contributed by atoms with E-state index in [1.54, 1.807) is 0 Å². The first-order valence-corrected chi connectivity index (χ1v) is 10.3. The van der Waals surface area contributed by atoms with Crippen LogP contribution in [0.2, 0.25) is 0 Å². The molecule has 4 nitrogen and oxygen atoms in total. The molecule has 148 valence electrons. The first kappa shape index (κ1) is 18.4. The van der Waals surface area contributed by atoms with E-state index in [1.807, 2.05) is 83.8 Å². The molecular weight excluding hydrogens is 372 g/mol. The zero-order chi connectivity index (χ0) is 20.5. The summed E-state index contributed by atoms with van der Waals surface area (Å²) in [6.07, 6.45) is 1.51. The average molecular weight is 394 g/mol. The van der Waals surface area contributed by atoms with Gasteiger partial charge in [0.2, 0.25) is 0 Å². The fraction of sp³-hybridized carbons (Fsp3) is 0.154. The Kier molecular flexibility index (Phi) is 4.68. The van der Waals surface area contributed by atoms with Gasteiger partial charge >= 0.3 is 0 Å². The molecule has 5 rings (SSSR count). The third-order valence-electron chi connectivity index (χ3n) is 5.83. The molecule has 0 fully saturated rings. The Labute approximate surface area is 176 Å². The fourth-order valence-corrected chi connectivity index (χ4v) is 4.34. The second kappa shape index (κ2) is 7.64. The summed E-state index contributed by atoms with van der Waals surface area (Å²) in [4.78, 5) is 30.4. The number of benzene rings is 3. The van der Waals surface area contributed by atoms with Gasteiger partial charge in [-0.3, -0.25) is 14.5 Å². The summed E-state index contributed by atoms with van der Waals surface area (Å²) in [6, 6.07) is 27.6. The van der Waals surface area contributed by atoms with Gasteiger partial charge in [0.05, 0.1) is 5.57 Å². The number of rotatable bonds is 5. The molecule has 0 radical (unpaired) electrons. The van der Waals surface area contributed by atoms with Crippen LogP contribution in [0, 0.1) is 0 Å². The molecule has 2 heterocycles. The number of carbonyl (C=O) groups excluding carboxylic acids is 2. The maximum atomic E-state index is 13.5. The standard InChI is InChI=1S/C26H22N2O2/c29-25-23(21-12-5-2-6-13-21)24(27-18-16-20-11-7-8-14-22(20)27)26(30)28(25)17-15-19-9-3-1-4-10-19/h1-14H,15-18H2. The number of hydrogen-bond donors (Lipinski definition) is 0. The molecule has 0 N–H and O–H groups in total. The number of amides is 2. The lowest BCUT2D eigenvalue weighted by Crippen LogP contribution is -2.36. The monoisotopic (exact) mass is 394 g/mol. The summed E-state index contributed by atoms with van der Waals surface area (Å²) in [7, 11) is 0. The molecule has 0 spiro atoms. The van der Waals surface area contributed by atoms with Crippen molar-refractivity contribution in [2.75, 3.05) is 18.0 Å². The summed E-state index contributed by atoms with van der Waals surface area (Å²) in [5.74, 6) is -0.409. The number of hydrogen-bond acceptors (Lipinski definition) is 3. The van der Waals surface area contributed by atoms with Crippen molar-refractivity contribution >= 4 is 23.1 Å². The van der Waals surface area contributed by atoms with Crippen LogP contribution in [-0.4, -0.2) is 29.8 Å². The van der Waals surface area contributed by atoms with Crippen molar-refractivity contribution in [3.05, 3.63) is 107 Å². The van der Waals surface area contributed by atoms with E-state index in [0.717, 1.165) is 23.2 Å². The van der Waals surface area contributed by atoms with Crippen molar-refractivity contribution < 1.29 is 9.59 Å². The molecule has 0 aromatic heterocycles. The smallest absolute Gasteiger partial charge is 0.278 e. The highest BCUT2D eigenvalue weighted by Gasteiger charge is 2.42. The van der Waals surface area contributed by atoms with Crippen LogP contribution in [0.5, 0.6) is 0 Å². The van der Waals surface area contributed by atoms with Crippen LogP contribution in [0.3, 0.4) is 0 Å². The van der Waals surface area contributed by atoms with E-state index < -0.39 is 0 Å². The predicted molar refractivity (Wildman–Crippen MR) is 118 cm³/mol. The van der Waals surface area contributed by atoms with E-state index >= 15 is 0 Å². The lowest BCUT2D eigenvalue weighted by Gasteiger charge is -2.21. The second-order valence-electron chi connectivity index (χ2n) is 7.62. The van der Waals surface area contributed by atoms with Gasteiger partial charge < -0.3 is 4.90 Å². The van der Waals surface area contributed by atoms with Crippen LogP contribution in [0.15, 0.2) is 90.6 Å². The molecule has 2 aliphatic heterocycles. The van der Waals surface area contributed by atoms with Crippen molar-refractivity contribution in [3.8, 4) is 0 Å². The van der Waals surface area contributed by atoms with Crippen LogP contribution < -0.4 is 4.90 Å². The summed E-state index contributed by atoms with van der Waals surface area (Å²) in [5.41, 5.74) is 5.14. The molecule has 0 atom stereocenters. The Balaban J connectivity index is 1.53. The van der Waals surface area contributed by atoms with E-state index in [2.05, 4.69) is 6.07 Å². The van der Waals surface area contributed by atoms with E-state index in [0.29, 0.717) is 30.8 Å². The lowest BCUT2D eigenvalue weighted by molar-refractivity contribution is -0.136. The van der Waals surface area contributed by atoms with Crippen LogP contribution in [-0.2, 0) is 22.4 Å². The minimum Gasteiger partial charge on any atom is -0.336 e. The fourth-order valence-electron chi connectivity index (χ4n) is 4.34. The second-order valence-corrected chi connectivity index (χ2v) is 7.62. The first-order valence-electron chi connectivity index (χ1n) is 10.3. The number of nitrogens with zero attached hydrogens (tertiary/aromatic N) is 2. The first-order chi connectivity index (χ1) is 14.7. The number of para-hydroxylation sites is 1. The molecule has 2 amide bonds. The minimum absolute atomic E-state index is 0.202. The van der Waals surface area contributed by atoms with Crippen LogP contribution in [0.25, 0.3) is 5.57 Å². The van der Waals surface area contributed by atoms with Crippen LogP contribution in [0.4, 0.5) is 5.69 Å². The molecular formula is C26H22N2O2. The SMILES string of the molecule is O=C1C(c2ccccc2)=C(N2CCc3ccccc32)C(=O)N1CCc1ccccc1. The van der Waals surface area contributed by atoms with Crippen molar-refractivity contribution in [1.29, 1.82) is 0 Å². The Morgan fingerprint density at radius 2 is 1.40 bits per heavy atom. The van der Waals surface area contributed by atoms with Crippen LogP contribution in [0.1, 0.15) is 16.7 Å². The Hall–Kier alpha value is -3.66. The topological polar surface area (TPSA) is 40.6 Å². The summed E-state index contributed by atoms with van der Waals surface area (Å²) >= 11 is 0. The van der Waals surface area contributed by atoms with Gasteiger partial charge in [-0.2, -0.15) is 0 Å². The minimum atomic E-state index is -0.207. The number of fused-ring (bicyclic) bond motifs is 1. The molecule has 2 aliphatic rings. The molecule has 0 saturated carbocycles. The molecule has 4 heteroatoms. The van der Waals surface area contributed by atoms with E-state index in [4.69, 9.17) is 0 Å². The van der Waals surface area contributed by atoms with E-state index in [-0.39, 0.29) is 11.8 Å². The molecule has 30 heavy (non-hydrogen) atoms. The van der Waals surface area contributed by atoms with Crippen molar-refractivity contribution in [2.45, 2.75) is 12.8 Å². The third kappa shape index (κ3) is 3.11. The van der Waals surface area contributed by atoms with Gasteiger partial charge in [0.1, 0.15) is 5.70 Å². The molecule has 3 aromatic carbocycles. The normalized spacial score (nSPS) is 15.9. The maximum absolute atomic E-state index is 13.5. The van der Waals surface area contributed by atoms with Gasteiger partial charge in [0.25, 0.3) is 11.8 Å². The third-order valence-corrected chi connectivity index (χ3v) is 5.83. The average Bonchev–Trinajstić information content (AvgIpc) is 3.32. The highest BCUT2D eigenvalue weighted by Crippen LogP contribution is 2.38. The molecule has 0 aliphatic carbocycles. The van der Waals surface area contributed by atoms with Gasteiger partial charge in [-0.15, -0.1) is 0 Å². The van der Waals surface area contributed by atoms with E-state index in [9.17, 15) is 9.59 Å². The molecule has 0 saturated heterocycles. The predicted octanol–water partition coefficient (Wildman–Crippen LogP) is 4.07. The maximum Gasteiger partial charge on any atom is 0.278 e. The van der Waals surface area contributed by atoms with Gasteiger partial charge in [-0.05, 0) is 35.6 Å². The lowest BCUT2D eigenvalue weighted by atomic mass is 10.0. The molecule has 0 bridgehead atoms. The summed E-state index contributed by atoms with van der Waals surface area (Å²) in [6.45, 7) is 1.08. The van der Waals surface area contributed by atoms with E-state index in [1.165, 1.54) is 10.5 Å². The highest BCUT2D eigenvalue weighted by molar-refractivity contribution is 6.36. The molecule has 0 unspecified atom stereocenters. The van der Waals surface area contributed by atoms with Crippen molar-refractivity contribution in [1.82, 2.24) is 4.90 Å². The number of carbonyl (C=O) groups is 2. The van der Waals surface area contributed by atoms with Crippen molar-refractivity contribution in [2.24, 2.45) is 0 Å². The highest BCUT2D eigenvalue weighted by atomic mass is 16.2. The molecule has 3 aromatic rings. The zero-order valence-electron chi connectivity index (χ0n) is 16.6. The Morgan fingerprint density at radius 1 is 0.733 bits per heavy atom. The summed E-state index contributed by atoms with van der Waals surface area (Å²) < 4.78 is 0. The summed E-state index contributed by atoms with van der Waals surface area (Å²) in [5, 5.41) is 0. The largest absolute Gasteiger partial charge is 0.336 e. The van der Waals surface area contributed by atoms with Crippen molar-refractivity contribution in [3.63, 3.8) is 0 Å². The van der Waals surface area contributed by atoms with Gasteiger partial charge in [-0.1, -0.05) is 78.9 Å². The van der Waals surface area contributed by atoms with Crippen LogP contribution >= 0.6 is 0 Å².